The Labute approximate surface area is 115 Å². The van der Waals surface area contributed by atoms with Crippen molar-refractivity contribution in [2.75, 3.05) is 16.1 Å². The van der Waals surface area contributed by atoms with Gasteiger partial charge in [0.15, 0.2) is 0 Å². The van der Waals surface area contributed by atoms with Gasteiger partial charge in [-0.25, -0.2) is 5.84 Å². The van der Waals surface area contributed by atoms with Crippen LogP contribution in [-0.2, 0) is 6.54 Å². The molecule has 0 unspecified atom stereocenters. The van der Waals surface area contributed by atoms with E-state index in [2.05, 4.69) is 37.8 Å². The van der Waals surface area contributed by atoms with E-state index < -0.39 is 0 Å². The maximum Gasteiger partial charge on any atom is 0.223 e. The molecule has 19 heavy (non-hydrogen) atoms. The number of hydrogen-bond acceptors (Lipinski definition) is 7. The molecule has 0 spiro atoms. The molecule has 0 amide bonds. The van der Waals surface area contributed by atoms with Gasteiger partial charge in [0, 0.05) is 17.0 Å². The van der Waals surface area contributed by atoms with Crippen molar-refractivity contribution in [3.8, 4) is 0 Å². The SMILES string of the molecule is NNc1cc(N(Cc2cccs2)C2CC2)nc(N)n1. The summed E-state index contributed by atoms with van der Waals surface area (Å²) in [6.07, 6.45) is 2.39. The first-order valence-electron chi connectivity index (χ1n) is 6.16. The molecule has 6 nitrogen and oxygen atoms in total. The van der Waals surface area contributed by atoms with Crippen LogP contribution in [0, 0.1) is 0 Å². The number of hydrazine groups is 1. The van der Waals surface area contributed by atoms with Crippen LogP contribution in [0.5, 0.6) is 0 Å². The molecule has 0 radical (unpaired) electrons. The number of nitrogens with two attached hydrogens (primary N) is 2. The Kier molecular flexibility index (Phi) is 3.22. The lowest BCUT2D eigenvalue weighted by Crippen LogP contribution is -2.26. The molecule has 0 aromatic carbocycles. The molecule has 3 rings (SSSR count). The van der Waals surface area contributed by atoms with E-state index in [4.69, 9.17) is 11.6 Å². The highest BCUT2D eigenvalue weighted by molar-refractivity contribution is 7.09. The molecule has 0 bridgehead atoms. The molecule has 7 heteroatoms. The van der Waals surface area contributed by atoms with Gasteiger partial charge in [0.2, 0.25) is 5.95 Å². The van der Waals surface area contributed by atoms with Crippen LogP contribution in [0.15, 0.2) is 23.6 Å². The van der Waals surface area contributed by atoms with E-state index in [1.54, 1.807) is 11.3 Å². The lowest BCUT2D eigenvalue weighted by Gasteiger charge is -2.23. The third-order valence-electron chi connectivity index (χ3n) is 3.07. The molecule has 1 saturated carbocycles. The minimum atomic E-state index is 0.238. The fourth-order valence-corrected chi connectivity index (χ4v) is 2.73. The Balaban J connectivity index is 1.89. The fourth-order valence-electron chi connectivity index (χ4n) is 2.03. The van der Waals surface area contributed by atoms with Crippen molar-refractivity contribution >= 4 is 28.9 Å². The summed E-state index contributed by atoms with van der Waals surface area (Å²) < 4.78 is 0. The van der Waals surface area contributed by atoms with Crippen molar-refractivity contribution in [1.29, 1.82) is 0 Å². The predicted octanol–water partition coefficient (Wildman–Crippen LogP) is 1.57. The van der Waals surface area contributed by atoms with Crippen LogP contribution in [0.4, 0.5) is 17.6 Å². The average molecular weight is 276 g/mol. The van der Waals surface area contributed by atoms with Crippen LogP contribution in [-0.4, -0.2) is 16.0 Å². The predicted molar refractivity (Wildman–Crippen MR) is 77.8 cm³/mol. The van der Waals surface area contributed by atoms with Gasteiger partial charge >= 0.3 is 0 Å². The molecule has 0 aliphatic heterocycles. The van der Waals surface area contributed by atoms with E-state index in [0.29, 0.717) is 11.9 Å². The van der Waals surface area contributed by atoms with Gasteiger partial charge in [-0.1, -0.05) is 6.07 Å². The monoisotopic (exact) mass is 276 g/mol. The van der Waals surface area contributed by atoms with Crippen molar-refractivity contribution in [1.82, 2.24) is 9.97 Å². The Bertz CT molecular complexity index is 551. The Morgan fingerprint density at radius 1 is 1.42 bits per heavy atom. The van der Waals surface area contributed by atoms with Gasteiger partial charge in [-0.2, -0.15) is 9.97 Å². The first-order chi connectivity index (χ1) is 9.26. The molecule has 0 saturated heterocycles. The van der Waals surface area contributed by atoms with Crippen LogP contribution in [0.1, 0.15) is 17.7 Å². The van der Waals surface area contributed by atoms with Crippen LogP contribution in [0.2, 0.25) is 0 Å². The van der Waals surface area contributed by atoms with E-state index in [-0.39, 0.29) is 5.95 Å². The van der Waals surface area contributed by atoms with Gasteiger partial charge < -0.3 is 16.1 Å². The number of anilines is 3. The number of aromatic nitrogens is 2. The zero-order valence-electron chi connectivity index (χ0n) is 10.4. The lowest BCUT2D eigenvalue weighted by atomic mass is 10.3. The molecule has 0 atom stereocenters. The maximum atomic E-state index is 5.72. The second-order valence-electron chi connectivity index (χ2n) is 4.55. The van der Waals surface area contributed by atoms with E-state index >= 15 is 0 Å². The van der Waals surface area contributed by atoms with E-state index in [0.717, 1.165) is 12.4 Å². The molecule has 100 valence electrons. The maximum absolute atomic E-state index is 5.72. The third kappa shape index (κ3) is 2.77. The van der Waals surface area contributed by atoms with Gasteiger partial charge in [-0.15, -0.1) is 11.3 Å². The molecule has 1 aliphatic rings. The van der Waals surface area contributed by atoms with Gasteiger partial charge in [0.1, 0.15) is 11.6 Å². The fraction of sp³-hybridized carbons (Fsp3) is 0.333. The summed E-state index contributed by atoms with van der Waals surface area (Å²) in [4.78, 5) is 11.9. The third-order valence-corrected chi connectivity index (χ3v) is 3.93. The quantitative estimate of drug-likeness (QED) is 0.567. The molecule has 1 fully saturated rings. The van der Waals surface area contributed by atoms with Crippen molar-refractivity contribution in [2.24, 2.45) is 5.84 Å². The molecule has 2 aromatic heterocycles. The normalized spacial score (nSPS) is 14.4. The summed E-state index contributed by atoms with van der Waals surface area (Å²) in [6.45, 7) is 0.850. The Morgan fingerprint density at radius 2 is 2.26 bits per heavy atom. The first kappa shape index (κ1) is 12.2. The topological polar surface area (TPSA) is 93.1 Å². The summed E-state index contributed by atoms with van der Waals surface area (Å²) >= 11 is 1.75. The van der Waals surface area contributed by atoms with E-state index in [1.165, 1.54) is 17.7 Å². The Hall–Kier alpha value is -1.86. The van der Waals surface area contributed by atoms with E-state index in [9.17, 15) is 0 Å². The summed E-state index contributed by atoms with van der Waals surface area (Å²) in [5.41, 5.74) is 8.25. The van der Waals surface area contributed by atoms with Crippen LogP contribution in [0.25, 0.3) is 0 Å². The molecule has 2 heterocycles. The van der Waals surface area contributed by atoms with Gasteiger partial charge in [0.05, 0.1) is 6.54 Å². The molecule has 2 aromatic rings. The van der Waals surface area contributed by atoms with Gasteiger partial charge in [-0.05, 0) is 24.3 Å². The van der Waals surface area contributed by atoms with Crippen molar-refractivity contribution in [3.05, 3.63) is 28.5 Å². The number of nitrogens with one attached hydrogen (secondary N) is 1. The van der Waals surface area contributed by atoms with Crippen LogP contribution in [0.3, 0.4) is 0 Å². The number of hydrogen-bond donors (Lipinski definition) is 3. The summed E-state index contributed by atoms with van der Waals surface area (Å²) in [7, 11) is 0. The molecular formula is C12H16N6S. The molecular weight excluding hydrogens is 260 g/mol. The molecule has 5 N–H and O–H groups in total. The second-order valence-corrected chi connectivity index (χ2v) is 5.58. The minimum absolute atomic E-state index is 0.238. The van der Waals surface area contributed by atoms with Crippen molar-refractivity contribution in [3.63, 3.8) is 0 Å². The highest BCUT2D eigenvalue weighted by atomic mass is 32.1. The summed E-state index contributed by atoms with van der Waals surface area (Å²) in [5.74, 6) is 7.01. The van der Waals surface area contributed by atoms with Gasteiger partial charge in [-0.3, -0.25) is 0 Å². The number of thiophene rings is 1. The summed E-state index contributed by atoms with van der Waals surface area (Å²) in [6, 6.07) is 6.57. The van der Waals surface area contributed by atoms with Crippen molar-refractivity contribution < 1.29 is 0 Å². The average Bonchev–Trinajstić information content (AvgIpc) is 3.12. The minimum Gasteiger partial charge on any atom is -0.368 e. The van der Waals surface area contributed by atoms with Crippen molar-refractivity contribution in [2.45, 2.75) is 25.4 Å². The van der Waals surface area contributed by atoms with Crippen LogP contribution < -0.4 is 21.9 Å². The number of rotatable bonds is 5. The smallest absolute Gasteiger partial charge is 0.223 e. The van der Waals surface area contributed by atoms with E-state index in [1.807, 2.05) is 6.07 Å². The van der Waals surface area contributed by atoms with Gasteiger partial charge in [0.25, 0.3) is 0 Å². The lowest BCUT2D eigenvalue weighted by molar-refractivity contribution is 0.785. The highest BCUT2D eigenvalue weighted by Crippen LogP contribution is 2.33. The number of nitrogens with zero attached hydrogens (tertiary/aromatic N) is 3. The first-order valence-corrected chi connectivity index (χ1v) is 7.04. The second kappa shape index (κ2) is 5.02. The highest BCUT2D eigenvalue weighted by Gasteiger charge is 2.30. The summed E-state index contributed by atoms with van der Waals surface area (Å²) in [5, 5.41) is 2.08. The standard InChI is InChI=1S/C12H16N6S/c13-12-15-10(17-14)6-11(16-12)18(8-3-4-8)7-9-2-1-5-19-9/h1-2,5-6,8H,3-4,7,14H2,(H3,13,15,16,17). The van der Waals surface area contributed by atoms with Crippen LogP contribution >= 0.6 is 11.3 Å². The Morgan fingerprint density at radius 3 is 2.89 bits per heavy atom. The molecule has 1 aliphatic carbocycles. The number of nitrogen functional groups attached to an aromatic ring is 2. The zero-order chi connectivity index (χ0) is 13.2. The zero-order valence-corrected chi connectivity index (χ0v) is 11.2. The largest absolute Gasteiger partial charge is 0.368 e.